The van der Waals surface area contributed by atoms with E-state index in [1.54, 1.807) is 44.2 Å². The van der Waals surface area contributed by atoms with Crippen molar-refractivity contribution >= 4 is 34.3 Å². The highest BCUT2D eigenvalue weighted by Crippen LogP contribution is 2.40. The van der Waals surface area contributed by atoms with Crippen LogP contribution in [0.25, 0.3) is 0 Å². The monoisotopic (exact) mass is 465 g/mol. The minimum Gasteiger partial charge on any atom is -0.485 e. The Morgan fingerprint density at radius 3 is 2.54 bits per heavy atom. The summed E-state index contributed by atoms with van der Waals surface area (Å²) in [5, 5.41) is 13.7. The standard InChI is InChI=1S/C20H20INO4/c1-11(23)12-8-9-16-14(10-12)17(18(24)20(2,3)26-16)22-19(25)13-6-4-5-7-15(13)21/h4-10,17-18,24H,1-3H3,(H,22,25)/t17-,18+/m0/s1. The van der Waals surface area contributed by atoms with Crippen LogP contribution in [0, 0.1) is 3.57 Å². The topological polar surface area (TPSA) is 75.6 Å². The lowest BCUT2D eigenvalue weighted by atomic mass is 9.85. The Hall–Kier alpha value is -1.93. The van der Waals surface area contributed by atoms with Crippen molar-refractivity contribution in [1.29, 1.82) is 0 Å². The summed E-state index contributed by atoms with van der Waals surface area (Å²) in [6.45, 7) is 5.02. The van der Waals surface area contributed by atoms with E-state index in [9.17, 15) is 14.7 Å². The molecule has 2 aromatic rings. The molecule has 0 fully saturated rings. The van der Waals surface area contributed by atoms with E-state index in [2.05, 4.69) is 27.9 Å². The zero-order valence-corrected chi connectivity index (χ0v) is 16.9. The van der Waals surface area contributed by atoms with Crippen LogP contribution >= 0.6 is 22.6 Å². The van der Waals surface area contributed by atoms with Gasteiger partial charge in [0.15, 0.2) is 5.78 Å². The molecule has 136 valence electrons. The molecular formula is C20H20INO4. The summed E-state index contributed by atoms with van der Waals surface area (Å²) in [6.07, 6.45) is -0.970. The van der Waals surface area contributed by atoms with Crippen molar-refractivity contribution in [1.82, 2.24) is 5.32 Å². The van der Waals surface area contributed by atoms with Gasteiger partial charge < -0.3 is 15.2 Å². The van der Waals surface area contributed by atoms with Gasteiger partial charge >= 0.3 is 0 Å². The number of hydrogen-bond acceptors (Lipinski definition) is 4. The largest absolute Gasteiger partial charge is 0.485 e. The molecule has 6 heteroatoms. The van der Waals surface area contributed by atoms with Crippen LogP contribution in [0.1, 0.15) is 53.1 Å². The third-order valence-corrected chi connectivity index (χ3v) is 5.50. The first kappa shape index (κ1) is 18.8. The number of Topliss-reactive ketones (excluding diaryl/α,β-unsaturated/α-hetero) is 1. The van der Waals surface area contributed by atoms with E-state index in [-0.39, 0.29) is 11.7 Å². The molecule has 0 spiro atoms. The number of amides is 1. The first-order chi connectivity index (χ1) is 12.2. The SMILES string of the molecule is CC(=O)c1ccc2c(c1)[C@H](NC(=O)c1ccccc1I)[C@@H](O)C(C)(C)O2. The smallest absolute Gasteiger partial charge is 0.252 e. The van der Waals surface area contributed by atoms with Crippen molar-refractivity contribution < 1.29 is 19.4 Å². The van der Waals surface area contributed by atoms with Crippen LogP contribution in [-0.4, -0.2) is 28.5 Å². The van der Waals surface area contributed by atoms with Crippen LogP contribution in [0.15, 0.2) is 42.5 Å². The molecule has 0 radical (unpaired) electrons. The molecule has 0 aromatic heterocycles. The Kier molecular flexibility index (Phi) is 5.07. The number of nitrogens with one attached hydrogen (secondary N) is 1. The molecule has 5 nitrogen and oxygen atoms in total. The zero-order chi connectivity index (χ0) is 19.1. The molecule has 2 atom stereocenters. The molecule has 0 saturated carbocycles. The van der Waals surface area contributed by atoms with Gasteiger partial charge in [-0.25, -0.2) is 0 Å². The zero-order valence-electron chi connectivity index (χ0n) is 14.7. The highest BCUT2D eigenvalue weighted by Gasteiger charge is 2.43. The fraction of sp³-hybridized carbons (Fsp3) is 0.300. The Morgan fingerprint density at radius 1 is 1.19 bits per heavy atom. The summed E-state index contributed by atoms with van der Waals surface area (Å²) in [4.78, 5) is 24.5. The average molecular weight is 465 g/mol. The van der Waals surface area contributed by atoms with Crippen molar-refractivity contribution in [2.75, 3.05) is 0 Å². The fourth-order valence-electron chi connectivity index (χ4n) is 3.04. The minimum absolute atomic E-state index is 0.0881. The number of fused-ring (bicyclic) bond motifs is 1. The Morgan fingerprint density at radius 2 is 1.88 bits per heavy atom. The lowest BCUT2D eigenvalue weighted by Crippen LogP contribution is -2.53. The predicted molar refractivity (Wildman–Crippen MR) is 107 cm³/mol. The number of halogens is 1. The molecular weight excluding hydrogens is 445 g/mol. The summed E-state index contributed by atoms with van der Waals surface area (Å²) in [6, 6.07) is 11.6. The summed E-state index contributed by atoms with van der Waals surface area (Å²) in [5.41, 5.74) is 0.762. The molecule has 1 aliphatic rings. The van der Waals surface area contributed by atoms with Crippen molar-refractivity contribution in [3.05, 3.63) is 62.7 Å². The quantitative estimate of drug-likeness (QED) is 0.538. The van der Waals surface area contributed by atoms with Gasteiger partial charge in [0, 0.05) is 14.7 Å². The molecule has 2 aromatic carbocycles. The van der Waals surface area contributed by atoms with E-state index in [4.69, 9.17) is 4.74 Å². The van der Waals surface area contributed by atoms with Crippen molar-refractivity contribution in [2.24, 2.45) is 0 Å². The van der Waals surface area contributed by atoms with E-state index in [0.29, 0.717) is 22.4 Å². The molecule has 0 unspecified atom stereocenters. The molecule has 2 N–H and O–H groups in total. The van der Waals surface area contributed by atoms with Crippen molar-refractivity contribution in [2.45, 2.75) is 38.5 Å². The van der Waals surface area contributed by atoms with Crippen LogP contribution in [0.3, 0.4) is 0 Å². The van der Waals surface area contributed by atoms with E-state index < -0.39 is 17.7 Å². The number of ketones is 1. The lowest BCUT2D eigenvalue weighted by Gasteiger charge is -2.42. The lowest BCUT2D eigenvalue weighted by molar-refractivity contribution is -0.0627. The second kappa shape index (κ2) is 7.00. The Labute approximate surface area is 165 Å². The number of benzene rings is 2. The minimum atomic E-state index is -0.970. The van der Waals surface area contributed by atoms with Gasteiger partial charge in [0.25, 0.3) is 5.91 Å². The summed E-state index contributed by atoms with van der Waals surface area (Å²) in [7, 11) is 0. The van der Waals surface area contributed by atoms with Crippen molar-refractivity contribution in [3.63, 3.8) is 0 Å². The first-order valence-corrected chi connectivity index (χ1v) is 9.36. The maximum Gasteiger partial charge on any atom is 0.252 e. The van der Waals surface area contributed by atoms with Gasteiger partial charge in [-0.3, -0.25) is 9.59 Å². The maximum atomic E-state index is 12.8. The van der Waals surface area contributed by atoms with Gasteiger partial charge in [0.05, 0.1) is 11.6 Å². The molecule has 0 aliphatic carbocycles. The summed E-state index contributed by atoms with van der Waals surface area (Å²) in [5.74, 6) is 0.184. The fourth-order valence-corrected chi connectivity index (χ4v) is 3.67. The number of hydrogen-bond donors (Lipinski definition) is 2. The van der Waals surface area contributed by atoms with E-state index in [1.807, 2.05) is 12.1 Å². The summed E-state index contributed by atoms with van der Waals surface area (Å²) < 4.78 is 6.71. The van der Waals surface area contributed by atoms with Gasteiger partial charge in [0.2, 0.25) is 0 Å². The molecule has 1 aliphatic heterocycles. The maximum absolute atomic E-state index is 12.8. The highest BCUT2D eigenvalue weighted by atomic mass is 127. The Bertz CT molecular complexity index is 878. The molecule has 1 heterocycles. The van der Waals surface area contributed by atoms with Crippen LogP contribution in [0.5, 0.6) is 5.75 Å². The van der Waals surface area contributed by atoms with Gasteiger partial charge in [-0.2, -0.15) is 0 Å². The summed E-state index contributed by atoms with van der Waals surface area (Å²) >= 11 is 2.10. The van der Waals surface area contributed by atoms with E-state index in [1.165, 1.54) is 6.92 Å². The van der Waals surface area contributed by atoms with Crippen LogP contribution < -0.4 is 10.1 Å². The van der Waals surface area contributed by atoms with Crippen LogP contribution in [0.4, 0.5) is 0 Å². The first-order valence-electron chi connectivity index (χ1n) is 8.28. The van der Waals surface area contributed by atoms with E-state index >= 15 is 0 Å². The van der Waals surface area contributed by atoms with E-state index in [0.717, 1.165) is 3.57 Å². The third kappa shape index (κ3) is 3.48. The number of aliphatic hydroxyl groups is 1. The molecule has 0 bridgehead atoms. The molecule has 1 amide bonds. The highest BCUT2D eigenvalue weighted by molar-refractivity contribution is 14.1. The van der Waals surface area contributed by atoms with Crippen molar-refractivity contribution in [3.8, 4) is 5.75 Å². The normalized spacial score (nSPS) is 20.7. The van der Waals surface area contributed by atoms with Gasteiger partial charge in [0.1, 0.15) is 17.5 Å². The molecule has 26 heavy (non-hydrogen) atoms. The number of carbonyl (C=O) groups is 2. The molecule has 3 rings (SSSR count). The van der Waals surface area contributed by atoms with Gasteiger partial charge in [-0.1, -0.05) is 12.1 Å². The predicted octanol–water partition coefficient (Wildman–Crippen LogP) is 3.50. The van der Waals surface area contributed by atoms with Gasteiger partial charge in [-0.15, -0.1) is 0 Å². The van der Waals surface area contributed by atoms with Crippen LogP contribution in [-0.2, 0) is 0 Å². The third-order valence-electron chi connectivity index (χ3n) is 4.56. The molecule has 0 saturated heterocycles. The number of aliphatic hydroxyl groups excluding tert-OH is 1. The average Bonchev–Trinajstić information content (AvgIpc) is 2.58. The van der Waals surface area contributed by atoms with Crippen LogP contribution in [0.2, 0.25) is 0 Å². The second-order valence-corrected chi connectivity index (χ2v) is 8.05. The number of ether oxygens (including phenoxy) is 1. The van der Waals surface area contributed by atoms with Gasteiger partial charge in [-0.05, 0) is 73.7 Å². The second-order valence-electron chi connectivity index (χ2n) is 6.89. The number of carbonyl (C=O) groups excluding carboxylic acids is 2. The number of rotatable bonds is 3. The Balaban J connectivity index is 2.02.